The molecule has 0 bridgehead atoms. The summed E-state index contributed by atoms with van der Waals surface area (Å²) in [6.45, 7) is 2.51. The molecule has 0 radical (unpaired) electrons. The van der Waals surface area contributed by atoms with E-state index in [1.807, 2.05) is 37.3 Å². The standard InChI is InChI=1S/C26H40N4O7/c1-20-11-12-22(32)26(37-20)36-17-14-28-25(35)19-30(15-16-31)18-24(34)27-13-7-3-6-10-23(33)29-21-8-4-2-5-9-21/h2,4-5,8-9,16,20,22,26,32H,3,6-7,10-15,17-19H2,1H3,(H,27,34)(H,28,35)(H,29,33). The van der Waals surface area contributed by atoms with Gasteiger partial charge in [-0.1, -0.05) is 24.6 Å². The van der Waals surface area contributed by atoms with Crippen molar-refractivity contribution in [2.24, 2.45) is 0 Å². The zero-order chi connectivity index (χ0) is 26.9. The Morgan fingerprint density at radius 2 is 1.73 bits per heavy atom. The van der Waals surface area contributed by atoms with Crippen LogP contribution in [0.15, 0.2) is 30.3 Å². The predicted octanol–water partition coefficient (Wildman–Crippen LogP) is 0.821. The van der Waals surface area contributed by atoms with Gasteiger partial charge in [0.15, 0.2) is 6.29 Å². The fraction of sp³-hybridized carbons (Fsp3) is 0.615. The maximum atomic E-state index is 12.2. The lowest BCUT2D eigenvalue weighted by atomic mass is 10.1. The van der Waals surface area contributed by atoms with Crippen LogP contribution in [0.3, 0.4) is 0 Å². The Hall–Kier alpha value is -2.86. The van der Waals surface area contributed by atoms with Gasteiger partial charge in [-0.05, 0) is 44.7 Å². The number of hydrogen-bond donors (Lipinski definition) is 4. The van der Waals surface area contributed by atoms with Crippen molar-refractivity contribution in [3.05, 3.63) is 30.3 Å². The molecule has 2 rings (SSSR count). The van der Waals surface area contributed by atoms with E-state index in [4.69, 9.17) is 9.47 Å². The number of rotatable bonds is 17. The first-order chi connectivity index (χ1) is 17.9. The van der Waals surface area contributed by atoms with Gasteiger partial charge in [0, 0.05) is 25.2 Å². The van der Waals surface area contributed by atoms with Crippen LogP contribution in [0.1, 0.15) is 45.4 Å². The number of carbonyl (C=O) groups excluding carboxylic acids is 4. The van der Waals surface area contributed by atoms with Gasteiger partial charge in [0.1, 0.15) is 12.4 Å². The summed E-state index contributed by atoms with van der Waals surface area (Å²) in [5, 5.41) is 18.2. The topological polar surface area (TPSA) is 146 Å². The summed E-state index contributed by atoms with van der Waals surface area (Å²) in [5.41, 5.74) is 0.769. The van der Waals surface area contributed by atoms with Crippen LogP contribution in [0.5, 0.6) is 0 Å². The van der Waals surface area contributed by atoms with Gasteiger partial charge in [-0.2, -0.15) is 0 Å². The molecule has 0 aromatic heterocycles. The number of carbonyl (C=O) groups is 4. The Balaban J connectivity index is 1.54. The highest BCUT2D eigenvalue weighted by atomic mass is 16.7. The minimum Gasteiger partial charge on any atom is -0.388 e. The lowest BCUT2D eigenvalue weighted by Gasteiger charge is -2.31. The molecule has 11 heteroatoms. The van der Waals surface area contributed by atoms with Crippen LogP contribution < -0.4 is 16.0 Å². The third kappa shape index (κ3) is 13.3. The smallest absolute Gasteiger partial charge is 0.234 e. The van der Waals surface area contributed by atoms with Gasteiger partial charge in [-0.3, -0.25) is 19.3 Å². The number of hydrogen-bond acceptors (Lipinski definition) is 8. The molecule has 1 aromatic rings. The SMILES string of the molecule is CC1CCC(O)C(OCCNC(=O)CN(CC=O)CC(=O)NCCCCCC(=O)Nc2ccccc2)O1. The van der Waals surface area contributed by atoms with Crippen LogP contribution in [0.4, 0.5) is 5.69 Å². The number of nitrogens with one attached hydrogen (secondary N) is 3. The van der Waals surface area contributed by atoms with Crippen molar-refractivity contribution in [1.82, 2.24) is 15.5 Å². The largest absolute Gasteiger partial charge is 0.388 e. The summed E-state index contributed by atoms with van der Waals surface area (Å²) in [6, 6.07) is 9.27. The molecule has 1 saturated heterocycles. The first kappa shape index (κ1) is 30.4. The first-order valence-electron chi connectivity index (χ1n) is 12.9. The van der Waals surface area contributed by atoms with Gasteiger partial charge < -0.3 is 35.3 Å². The number of aliphatic hydroxyl groups excluding tert-OH is 1. The molecule has 0 aliphatic carbocycles. The van der Waals surface area contributed by atoms with Crippen LogP contribution in [0, 0.1) is 0 Å². The fourth-order valence-electron chi connectivity index (χ4n) is 3.81. The summed E-state index contributed by atoms with van der Waals surface area (Å²) < 4.78 is 11.0. The van der Waals surface area contributed by atoms with Crippen LogP contribution in [-0.4, -0.2) is 91.8 Å². The van der Waals surface area contributed by atoms with Crippen LogP contribution in [0.2, 0.25) is 0 Å². The summed E-state index contributed by atoms with van der Waals surface area (Å²) in [7, 11) is 0. The zero-order valence-electron chi connectivity index (χ0n) is 21.5. The average Bonchev–Trinajstić information content (AvgIpc) is 2.86. The number of unbranched alkanes of at least 4 members (excludes halogenated alkanes) is 2. The molecular weight excluding hydrogens is 480 g/mol. The Labute approximate surface area is 218 Å². The van der Waals surface area contributed by atoms with Crippen molar-refractivity contribution in [2.45, 2.75) is 63.9 Å². The zero-order valence-corrected chi connectivity index (χ0v) is 21.5. The first-order valence-corrected chi connectivity index (χ1v) is 12.9. The summed E-state index contributed by atoms with van der Waals surface area (Å²) in [6.07, 6.45) is 3.26. The van der Waals surface area contributed by atoms with Gasteiger partial charge in [-0.15, -0.1) is 0 Å². The van der Waals surface area contributed by atoms with E-state index >= 15 is 0 Å². The molecule has 3 amide bonds. The molecular formula is C26H40N4O7. The molecule has 0 spiro atoms. The highest BCUT2D eigenvalue weighted by Gasteiger charge is 2.28. The van der Waals surface area contributed by atoms with E-state index in [2.05, 4.69) is 16.0 Å². The number of para-hydroxylation sites is 1. The maximum Gasteiger partial charge on any atom is 0.234 e. The summed E-state index contributed by atoms with van der Waals surface area (Å²) >= 11 is 0. The number of anilines is 1. The molecule has 3 unspecified atom stereocenters. The Bertz CT molecular complexity index is 839. The second-order valence-corrected chi connectivity index (χ2v) is 9.09. The average molecular weight is 521 g/mol. The van der Waals surface area contributed by atoms with E-state index in [0.717, 1.165) is 24.9 Å². The van der Waals surface area contributed by atoms with Crippen molar-refractivity contribution in [1.29, 1.82) is 0 Å². The Morgan fingerprint density at radius 3 is 2.43 bits per heavy atom. The number of aliphatic hydroxyl groups is 1. The molecule has 1 fully saturated rings. The van der Waals surface area contributed by atoms with E-state index in [9.17, 15) is 24.3 Å². The monoisotopic (exact) mass is 520 g/mol. The summed E-state index contributed by atoms with van der Waals surface area (Å²) in [4.78, 5) is 48.8. The minimum absolute atomic E-state index is 0.0115. The number of amides is 3. The van der Waals surface area contributed by atoms with Gasteiger partial charge >= 0.3 is 0 Å². The highest BCUT2D eigenvalue weighted by Crippen LogP contribution is 2.19. The summed E-state index contributed by atoms with van der Waals surface area (Å²) in [5.74, 6) is -0.665. The maximum absolute atomic E-state index is 12.2. The number of benzene rings is 1. The molecule has 11 nitrogen and oxygen atoms in total. The lowest BCUT2D eigenvalue weighted by Crippen LogP contribution is -2.45. The third-order valence-electron chi connectivity index (χ3n) is 5.78. The highest BCUT2D eigenvalue weighted by molar-refractivity contribution is 5.90. The predicted molar refractivity (Wildman–Crippen MR) is 138 cm³/mol. The molecule has 1 aliphatic rings. The second kappa shape index (κ2) is 17.6. The van der Waals surface area contributed by atoms with Crippen LogP contribution in [-0.2, 0) is 28.7 Å². The van der Waals surface area contributed by atoms with Gasteiger partial charge in [0.2, 0.25) is 17.7 Å². The van der Waals surface area contributed by atoms with Gasteiger partial charge in [0.05, 0.1) is 32.3 Å². The van der Waals surface area contributed by atoms with Crippen LogP contribution in [0.25, 0.3) is 0 Å². The normalized spacial score (nSPS) is 19.3. The fourth-order valence-corrected chi connectivity index (χ4v) is 3.81. The number of nitrogens with zero attached hydrogens (tertiary/aromatic N) is 1. The van der Waals surface area contributed by atoms with Crippen molar-refractivity contribution >= 4 is 29.7 Å². The quantitative estimate of drug-likeness (QED) is 0.174. The van der Waals surface area contributed by atoms with Gasteiger partial charge in [0.25, 0.3) is 0 Å². The Morgan fingerprint density at radius 1 is 1.03 bits per heavy atom. The number of aldehydes is 1. The van der Waals surface area contributed by atoms with E-state index < -0.39 is 12.4 Å². The van der Waals surface area contributed by atoms with Crippen LogP contribution >= 0.6 is 0 Å². The van der Waals surface area contributed by atoms with Gasteiger partial charge in [-0.25, -0.2) is 0 Å². The van der Waals surface area contributed by atoms with E-state index in [1.165, 1.54) is 4.90 Å². The molecule has 37 heavy (non-hydrogen) atoms. The molecule has 1 heterocycles. The van der Waals surface area contributed by atoms with E-state index in [0.29, 0.717) is 32.1 Å². The van der Waals surface area contributed by atoms with Crippen molar-refractivity contribution in [3.63, 3.8) is 0 Å². The molecule has 0 saturated carbocycles. The minimum atomic E-state index is -0.706. The van der Waals surface area contributed by atoms with Crippen molar-refractivity contribution in [3.8, 4) is 0 Å². The second-order valence-electron chi connectivity index (χ2n) is 9.09. The van der Waals surface area contributed by atoms with E-state index in [1.54, 1.807) is 0 Å². The number of ether oxygens (including phenoxy) is 2. The molecule has 1 aromatic carbocycles. The van der Waals surface area contributed by atoms with Crippen molar-refractivity contribution < 1.29 is 33.8 Å². The Kier molecular flexibility index (Phi) is 14.4. The molecule has 1 aliphatic heterocycles. The molecule has 206 valence electrons. The van der Waals surface area contributed by atoms with Crippen molar-refractivity contribution in [2.75, 3.05) is 44.6 Å². The molecule has 3 atom stereocenters. The van der Waals surface area contributed by atoms with E-state index in [-0.39, 0.29) is 56.6 Å². The lowest BCUT2D eigenvalue weighted by molar-refractivity contribution is -0.235. The third-order valence-corrected chi connectivity index (χ3v) is 5.78. The molecule has 4 N–H and O–H groups in total.